The summed E-state index contributed by atoms with van der Waals surface area (Å²) in [6.45, 7) is 2.76. The fraction of sp³-hybridized carbons (Fsp3) is 0.200. The van der Waals surface area contributed by atoms with Crippen LogP contribution in [0.4, 0.5) is 0 Å². The summed E-state index contributed by atoms with van der Waals surface area (Å²) in [6, 6.07) is 9.23. The van der Waals surface area contributed by atoms with E-state index in [9.17, 15) is 4.79 Å². The van der Waals surface area contributed by atoms with Crippen LogP contribution in [0.15, 0.2) is 35.7 Å². The summed E-state index contributed by atoms with van der Waals surface area (Å²) in [5.74, 6) is 0.00894. The largest absolute Gasteiger partial charge is 0.478 e. The third kappa shape index (κ3) is 2.32. The van der Waals surface area contributed by atoms with Gasteiger partial charge in [-0.1, -0.05) is 6.07 Å². The molecule has 20 heavy (non-hydrogen) atoms. The zero-order valence-electron chi connectivity index (χ0n) is 11.0. The zero-order valence-corrected chi connectivity index (χ0v) is 11.9. The van der Waals surface area contributed by atoms with Gasteiger partial charge in [0.25, 0.3) is 0 Å². The molecule has 1 N–H and O–H groups in total. The third-order valence-corrected chi connectivity index (χ3v) is 4.28. The first-order chi connectivity index (χ1) is 9.65. The summed E-state index contributed by atoms with van der Waals surface area (Å²) in [5, 5.41) is 11.2. The van der Waals surface area contributed by atoms with Crippen molar-refractivity contribution in [2.24, 2.45) is 0 Å². The highest BCUT2D eigenvalue weighted by molar-refractivity contribution is 7.09. The van der Waals surface area contributed by atoms with Crippen molar-refractivity contribution < 1.29 is 9.90 Å². The standard InChI is InChI=1S/C15H14N2O2S/c1-10-16-13-5-4-11(15(18)19)9-14(13)17(10)7-6-12-3-2-8-20-12/h2-5,8-9H,6-7H2,1H3,(H,18,19). The molecule has 0 radical (unpaired) electrons. The second-order valence-corrected chi connectivity index (χ2v) is 5.68. The molecule has 0 aliphatic carbocycles. The minimum absolute atomic E-state index is 0.301. The molecule has 0 unspecified atom stereocenters. The maximum Gasteiger partial charge on any atom is 0.335 e. The van der Waals surface area contributed by atoms with E-state index in [1.807, 2.05) is 13.0 Å². The smallest absolute Gasteiger partial charge is 0.335 e. The molecule has 0 atom stereocenters. The van der Waals surface area contributed by atoms with Crippen molar-refractivity contribution in [3.05, 3.63) is 52.0 Å². The van der Waals surface area contributed by atoms with Crippen LogP contribution >= 0.6 is 11.3 Å². The first-order valence-corrected chi connectivity index (χ1v) is 7.25. The van der Waals surface area contributed by atoms with Crippen molar-refractivity contribution in [2.75, 3.05) is 0 Å². The number of aryl methyl sites for hydroxylation is 3. The number of carboxylic acids is 1. The van der Waals surface area contributed by atoms with Gasteiger partial charge in [-0.3, -0.25) is 0 Å². The van der Waals surface area contributed by atoms with E-state index in [2.05, 4.69) is 21.0 Å². The summed E-state index contributed by atoms with van der Waals surface area (Å²) < 4.78 is 2.08. The lowest BCUT2D eigenvalue weighted by molar-refractivity contribution is 0.0697. The molecule has 2 heterocycles. The summed E-state index contributed by atoms with van der Waals surface area (Å²) in [4.78, 5) is 16.9. The van der Waals surface area contributed by atoms with Gasteiger partial charge in [-0.05, 0) is 43.0 Å². The average Bonchev–Trinajstić information content (AvgIpc) is 3.02. The Hall–Kier alpha value is -2.14. The predicted molar refractivity (Wildman–Crippen MR) is 79.5 cm³/mol. The van der Waals surface area contributed by atoms with Crippen molar-refractivity contribution in [3.8, 4) is 0 Å². The molecule has 0 saturated heterocycles. The van der Waals surface area contributed by atoms with E-state index in [4.69, 9.17) is 5.11 Å². The maximum absolute atomic E-state index is 11.1. The Morgan fingerprint density at radius 2 is 2.25 bits per heavy atom. The van der Waals surface area contributed by atoms with Gasteiger partial charge in [-0.25, -0.2) is 9.78 Å². The van der Waals surface area contributed by atoms with E-state index in [-0.39, 0.29) is 0 Å². The molecule has 0 aliphatic heterocycles. The zero-order chi connectivity index (χ0) is 14.1. The van der Waals surface area contributed by atoms with Gasteiger partial charge in [0, 0.05) is 11.4 Å². The average molecular weight is 286 g/mol. The molecule has 3 aromatic rings. The van der Waals surface area contributed by atoms with Gasteiger partial charge in [0.2, 0.25) is 0 Å². The van der Waals surface area contributed by atoms with E-state index in [1.54, 1.807) is 29.5 Å². The van der Waals surface area contributed by atoms with Crippen LogP contribution in [0, 0.1) is 6.92 Å². The van der Waals surface area contributed by atoms with Crippen molar-refractivity contribution in [2.45, 2.75) is 19.9 Å². The molecule has 2 aromatic heterocycles. The lowest BCUT2D eigenvalue weighted by Gasteiger charge is -2.06. The number of fused-ring (bicyclic) bond motifs is 1. The molecule has 4 nitrogen and oxygen atoms in total. The number of hydrogen-bond acceptors (Lipinski definition) is 3. The second-order valence-electron chi connectivity index (χ2n) is 4.65. The number of benzene rings is 1. The van der Waals surface area contributed by atoms with Crippen LogP contribution in [-0.2, 0) is 13.0 Å². The quantitative estimate of drug-likeness (QED) is 0.800. The van der Waals surface area contributed by atoms with Crippen LogP contribution in [0.5, 0.6) is 0 Å². The molecular weight excluding hydrogens is 272 g/mol. The first-order valence-electron chi connectivity index (χ1n) is 6.38. The lowest BCUT2D eigenvalue weighted by Crippen LogP contribution is -2.03. The monoisotopic (exact) mass is 286 g/mol. The fourth-order valence-electron chi connectivity index (χ4n) is 2.34. The van der Waals surface area contributed by atoms with Gasteiger partial charge in [-0.15, -0.1) is 11.3 Å². The normalized spacial score (nSPS) is 11.1. The van der Waals surface area contributed by atoms with Gasteiger partial charge in [0.1, 0.15) is 5.82 Å². The SMILES string of the molecule is Cc1nc2ccc(C(=O)O)cc2n1CCc1cccs1. The highest BCUT2D eigenvalue weighted by Gasteiger charge is 2.11. The highest BCUT2D eigenvalue weighted by atomic mass is 32.1. The Balaban J connectivity index is 1.97. The molecule has 0 bridgehead atoms. The Bertz CT molecular complexity index is 760. The van der Waals surface area contributed by atoms with Crippen molar-refractivity contribution in [1.29, 1.82) is 0 Å². The fourth-order valence-corrected chi connectivity index (χ4v) is 3.03. The number of carboxylic acid groups (broad SMARTS) is 1. The number of rotatable bonds is 4. The van der Waals surface area contributed by atoms with Crippen LogP contribution < -0.4 is 0 Å². The van der Waals surface area contributed by atoms with E-state index < -0.39 is 5.97 Å². The van der Waals surface area contributed by atoms with Crippen molar-refractivity contribution in [1.82, 2.24) is 9.55 Å². The van der Waals surface area contributed by atoms with E-state index >= 15 is 0 Å². The Morgan fingerprint density at radius 1 is 1.40 bits per heavy atom. The van der Waals surface area contributed by atoms with E-state index in [0.717, 1.165) is 29.8 Å². The minimum Gasteiger partial charge on any atom is -0.478 e. The van der Waals surface area contributed by atoms with Crippen molar-refractivity contribution >= 4 is 28.3 Å². The Labute approximate surface area is 120 Å². The summed E-state index contributed by atoms with van der Waals surface area (Å²) in [6.07, 6.45) is 0.932. The summed E-state index contributed by atoms with van der Waals surface area (Å²) in [5.41, 5.74) is 2.03. The number of nitrogens with zero attached hydrogens (tertiary/aromatic N) is 2. The molecule has 102 valence electrons. The van der Waals surface area contributed by atoms with E-state index in [1.165, 1.54) is 4.88 Å². The molecule has 0 saturated carbocycles. The van der Waals surface area contributed by atoms with E-state index in [0.29, 0.717) is 5.56 Å². The van der Waals surface area contributed by atoms with Gasteiger partial charge in [-0.2, -0.15) is 0 Å². The number of imidazole rings is 1. The lowest BCUT2D eigenvalue weighted by atomic mass is 10.2. The Morgan fingerprint density at radius 3 is 2.95 bits per heavy atom. The minimum atomic E-state index is -0.907. The third-order valence-electron chi connectivity index (χ3n) is 3.35. The van der Waals surface area contributed by atoms with Crippen LogP contribution in [-0.4, -0.2) is 20.6 Å². The molecule has 3 rings (SSSR count). The first kappa shape index (κ1) is 12.9. The summed E-state index contributed by atoms with van der Waals surface area (Å²) >= 11 is 1.74. The van der Waals surface area contributed by atoms with Crippen LogP contribution in [0.25, 0.3) is 11.0 Å². The number of thiophene rings is 1. The summed E-state index contributed by atoms with van der Waals surface area (Å²) in [7, 11) is 0. The Kier molecular flexibility index (Phi) is 3.28. The molecule has 0 aliphatic rings. The number of hydrogen-bond donors (Lipinski definition) is 1. The second kappa shape index (κ2) is 5.09. The maximum atomic E-state index is 11.1. The molecule has 0 fully saturated rings. The van der Waals surface area contributed by atoms with Gasteiger partial charge < -0.3 is 9.67 Å². The molecule has 0 spiro atoms. The van der Waals surface area contributed by atoms with Gasteiger partial charge in [0.15, 0.2) is 0 Å². The molecule has 1 aromatic carbocycles. The highest BCUT2D eigenvalue weighted by Crippen LogP contribution is 2.19. The van der Waals surface area contributed by atoms with Crippen LogP contribution in [0.3, 0.4) is 0 Å². The molecular formula is C15H14N2O2S. The molecule has 0 amide bonds. The van der Waals surface area contributed by atoms with Crippen molar-refractivity contribution in [3.63, 3.8) is 0 Å². The predicted octanol–water partition coefficient (Wildman–Crippen LogP) is 3.35. The van der Waals surface area contributed by atoms with Gasteiger partial charge in [0.05, 0.1) is 16.6 Å². The number of aromatic nitrogens is 2. The molecule has 5 heteroatoms. The van der Waals surface area contributed by atoms with Crippen LogP contribution in [0.1, 0.15) is 21.1 Å². The topological polar surface area (TPSA) is 55.1 Å². The number of aromatic carboxylic acids is 1. The van der Waals surface area contributed by atoms with Crippen LogP contribution in [0.2, 0.25) is 0 Å². The number of carbonyl (C=O) groups is 1. The van der Waals surface area contributed by atoms with Gasteiger partial charge >= 0.3 is 5.97 Å².